The molecule has 3 aromatic heterocycles. The van der Waals surface area contributed by atoms with Crippen molar-refractivity contribution in [2.75, 3.05) is 19.9 Å². The van der Waals surface area contributed by atoms with Crippen LogP contribution in [0.1, 0.15) is 21.7 Å². The Morgan fingerprint density at radius 1 is 1.19 bits per heavy atom. The second-order valence-electron chi connectivity index (χ2n) is 9.03. The molecule has 0 saturated heterocycles. The van der Waals surface area contributed by atoms with Crippen LogP contribution in [0.5, 0.6) is 0 Å². The van der Waals surface area contributed by atoms with E-state index in [0.717, 1.165) is 34.8 Å². The molecule has 32 heavy (non-hydrogen) atoms. The highest BCUT2D eigenvalue weighted by Gasteiger charge is 2.29. The maximum absolute atomic E-state index is 14.0. The lowest BCUT2D eigenvalue weighted by molar-refractivity contribution is -0.195. The molecule has 0 spiro atoms. The number of pyridine rings is 2. The van der Waals surface area contributed by atoms with Crippen LogP contribution in [0.25, 0.3) is 10.9 Å². The van der Waals surface area contributed by atoms with Gasteiger partial charge in [0.05, 0.1) is 36.7 Å². The summed E-state index contributed by atoms with van der Waals surface area (Å²) in [6.45, 7) is 7.99. The van der Waals surface area contributed by atoms with Crippen molar-refractivity contribution in [1.29, 1.82) is 0 Å². The Labute approximate surface area is 185 Å². The fraction of sp³-hybridized carbons (Fsp3) is 0.409. The molecule has 0 unspecified atom stereocenters. The predicted molar refractivity (Wildman–Crippen MR) is 118 cm³/mol. The van der Waals surface area contributed by atoms with Crippen LogP contribution in [-0.2, 0) is 22.5 Å². The first-order chi connectivity index (χ1) is 15.2. The van der Waals surface area contributed by atoms with E-state index in [0.29, 0.717) is 25.3 Å². The van der Waals surface area contributed by atoms with Crippen LogP contribution in [0.2, 0.25) is 25.7 Å². The number of hydrogen-bond donors (Lipinski definition) is 0. The molecule has 0 bridgehead atoms. The molecule has 0 aliphatic carbocycles. The molecule has 0 N–H and O–H groups in total. The molecule has 1 amide bonds. The zero-order chi connectivity index (χ0) is 22.9. The number of rotatable bonds is 8. The quantitative estimate of drug-likeness (QED) is 0.289. The minimum absolute atomic E-state index is 0.0282. The number of halogens is 2. The molecule has 4 rings (SSSR count). The average molecular weight is 461 g/mol. The molecule has 0 atom stereocenters. The van der Waals surface area contributed by atoms with Gasteiger partial charge in [0, 0.05) is 32.3 Å². The van der Waals surface area contributed by atoms with E-state index in [-0.39, 0.29) is 24.9 Å². The molecule has 0 fully saturated rings. The Bertz CT molecular complexity index is 1150. The Morgan fingerprint density at radius 3 is 2.75 bits per heavy atom. The average Bonchev–Trinajstić information content (AvgIpc) is 3.13. The van der Waals surface area contributed by atoms with Gasteiger partial charge in [-0.2, -0.15) is 0 Å². The molecule has 0 saturated carbocycles. The molecule has 10 heteroatoms. The van der Waals surface area contributed by atoms with E-state index < -0.39 is 19.7 Å². The van der Waals surface area contributed by atoms with Gasteiger partial charge in [0.2, 0.25) is 0 Å². The molecule has 1 aliphatic rings. The maximum Gasteiger partial charge on any atom is 0.296 e. The highest BCUT2D eigenvalue weighted by atomic mass is 28.3. The summed E-state index contributed by atoms with van der Waals surface area (Å²) in [6.07, 6.45) is 4.94. The van der Waals surface area contributed by atoms with Gasteiger partial charge in [0.1, 0.15) is 17.3 Å². The number of ether oxygens (including phenoxy) is 1. The molecule has 0 aromatic carbocycles. The van der Waals surface area contributed by atoms with E-state index in [4.69, 9.17) is 9.57 Å². The topological polar surface area (TPSA) is 69.5 Å². The Hall–Kier alpha value is -2.69. The Morgan fingerprint density at radius 2 is 2.00 bits per heavy atom. The third kappa shape index (κ3) is 4.87. The number of carbonyl (C=O) groups excluding carboxylic acids is 1. The van der Waals surface area contributed by atoms with Gasteiger partial charge < -0.3 is 9.30 Å². The monoisotopic (exact) mass is 460 g/mol. The molecular formula is C22H26F2N4O3Si. The summed E-state index contributed by atoms with van der Waals surface area (Å²) >= 11 is 0. The molecule has 170 valence electrons. The number of hydroxylamine groups is 2. The lowest BCUT2D eigenvalue weighted by Crippen LogP contribution is -2.39. The van der Waals surface area contributed by atoms with Gasteiger partial charge in [-0.1, -0.05) is 19.6 Å². The summed E-state index contributed by atoms with van der Waals surface area (Å²) in [7, 11) is -1.18. The van der Waals surface area contributed by atoms with Gasteiger partial charge >= 0.3 is 0 Å². The van der Waals surface area contributed by atoms with Crippen LogP contribution in [0, 0.1) is 11.6 Å². The minimum atomic E-state index is -1.18. The number of hydrogen-bond acceptors (Lipinski definition) is 5. The number of aromatic nitrogens is 3. The summed E-state index contributed by atoms with van der Waals surface area (Å²) in [6, 6.07) is 3.72. The summed E-state index contributed by atoms with van der Waals surface area (Å²) in [5.41, 5.74) is 2.06. The van der Waals surface area contributed by atoms with E-state index >= 15 is 0 Å². The molecule has 7 nitrogen and oxygen atoms in total. The largest absolute Gasteiger partial charge is 0.353 e. The SMILES string of the molecule is C[Si](C)(C)CCOCON1CCc2c(ncc3c2ccn3Cc2ncc(F)cc2F)C1=O. The highest BCUT2D eigenvalue weighted by Crippen LogP contribution is 2.27. The van der Waals surface area contributed by atoms with Crippen LogP contribution in [0.3, 0.4) is 0 Å². The first kappa shape index (κ1) is 22.5. The Balaban J connectivity index is 1.46. The van der Waals surface area contributed by atoms with Crippen LogP contribution in [-0.4, -0.2) is 53.5 Å². The van der Waals surface area contributed by atoms with Crippen molar-refractivity contribution in [3.05, 3.63) is 59.3 Å². The fourth-order valence-electron chi connectivity index (χ4n) is 3.61. The number of amides is 1. The van der Waals surface area contributed by atoms with Gasteiger partial charge in [-0.05, 0) is 24.1 Å². The second kappa shape index (κ2) is 9.05. The van der Waals surface area contributed by atoms with Gasteiger partial charge in [0.25, 0.3) is 5.91 Å². The van der Waals surface area contributed by atoms with Crippen molar-refractivity contribution in [2.45, 2.75) is 38.7 Å². The lowest BCUT2D eigenvalue weighted by atomic mass is 10.0. The van der Waals surface area contributed by atoms with E-state index in [1.807, 2.05) is 6.07 Å². The summed E-state index contributed by atoms with van der Waals surface area (Å²) in [4.78, 5) is 26.6. The zero-order valence-electron chi connectivity index (χ0n) is 18.4. The van der Waals surface area contributed by atoms with Gasteiger partial charge in [-0.25, -0.2) is 23.7 Å². The van der Waals surface area contributed by atoms with Gasteiger partial charge in [0.15, 0.2) is 6.79 Å². The standard InChI is InChI=1S/C22H26F2N4O3Si/c1-32(2,3)9-8-30-14-31-28-7-5-17-16-4-6-27(20(16)12-26-21(17)22(28)29)13-19-18(24)10-15(23)11-25-19/h4,6,10-12H,5,7-9,13-14H2,1-3H3. The van der Waals surface area contributed by atoms with Crippen molar-refractivity contribution in [3.63, 3.8) is 0 Å². The van der Waals surface area contributed by atoms with Crippen molar-refractivity contribution in [3.8, 4) is 0 Å². The van der Waals surface area contributed by atoms with Crippen LogP contribution >= 0.6 is 0 Å². The summed E-state index contributed by atoms with van der Waals surface area (Å²) < 4.78 is 34.5. The maximum atomic E-state index is 14.0. The van der Waals surface area contributed by atoms with Crippen LogP contribution < -0.4 is 0 Å². The highest BCUT2D eigenvalue weighted by molar-refractivity contribution is 6.76. The first-order valence-electron chi connectivity index (χ1n) is 10.5. The van der Waals surface area contributed by atoms with E-state index in [1.165, 1.54) is 5.06 Å². The number of fused-ring (bicyclic) bond motifs is 3. The van der Waals surface area contributed by atoms with Crippen molar-refractivity contribution in [2.24, 2.45) is 0 Å². The molecular weight excluding hydrogens is 434 g/mol. The molecule has 0 radical (unpaired) electrons. The molecule has 4 heterocycles. The first-order valence-corrected chi connectivity index (χ1v) is 14.2. The zero-order valence-corrected chi connectivity index (χ0v) is 19.4. The van der Waals surface area contributed by atoms with Gasteiger partial charge in [-0.15, -0.1) is 0 Å². The smallest absolute Gasteiger partial charge is 0.296 e. The Kier molecular flexibility index (Phi) is 6.36. The summed E-state index contributed by atoms with van der Waals surface area (Å²) in [5, 5.41) is 2.17. The third-order valence-electron chi connectivity index (χ3n) is 5.42. The van der Waals surface area contributed by atoms with E-state index in [2.05, 4.69) is 29.6 Å². The lowest BCUT2D eigenvalue weighted by Gasteiger charge is -2.27. The second-order valence-corrected chi connectivity index (χ2v) is 14.7. The van der Waals surface area contributed by atoms with Crippen LogP contribution in [0.15, 0.2) is 30.7 Å². The number of carbonyl (C=O) groups is 1. The molecule has 3 aromatic rings. The van der Waals surface area contributed by atoms with Gasteiger partial charge in [-0.3, -0.25) is 9.78 Å². The summed E-state index contributed by atoms with van der Waals surface area (Å²) in [5.74, 6) is -1.72. The predicted octanol–water partition coefficient (Wildman–Crippen LogP) is 4.00. The van der Waals surface area contributed by atoms with Crippen molar-refractivity contribution < 1.29 is 23.1 Å². The molecule has 1 aliphatic heterocycles. The van der Waals surface area contributed by atoms with E-state index in [9.17, 15) is 13.6 Å². The van der Waals surface area contributed by atoms with Crippen molar-refractivity contribution >= 4 is 24.9 Å². The number of nitrogens with zero attached hydrogens (tertiary/aromatic N) is 4. The normalized spacial score (nSPS) is 14.3. The minimum Gasteiger partial charge on any atom is -0.353 e. The fourth-order valence-corrected chi connectivity index (χ4v) is 4.36. The van der Waals surface area contributed by atoms with E-state index in [1.54, 1.807) is 17.0 Å². The van der Waals surface area contributed by atoms with Crippen molar-refractivity contribution in [1.82, 2.24) is 19.6 Å². The third-order valence-corrected chi connectivity index (χ3v) is 7.12. The van der Waals surface area contributed by atoms with Crippen LogP contribution in [0.4, 0.5) is 8.78 Å².